The second-order valence-electron chi connectivity index (χ2n) is 4.66. The molecule has 0 aliphatic carbocycles. The van der Waals surface area contributed by atoms with E-state index in [1.165, 1.54) is 0 Å². The average Bonchev–Trinajstić information content (AvgIpc) is 3.12. The van der Waals surface area contributed by atoms with E-state index in [-0.39, 0.29) is 18.8 Å². The highest BCUT2D eigenvalue weighted by Gasteiger charge is 2.30. The molecule has 3 rings (SSSR count). The molecular formula is C13H16N2O5. The molecule has 1 saturated heterocycles. The molecule has 1 amide bonds. The van der Waals surface area contributed by atoms with Crippen LogP contribution in [0, 0.1) is 0 Å². The number of nitrogens with one attached hydrogen (secondary N) is 1. The van der Waals surface area contributed by atoms with Gasteiger partial charge in [-0.3, -0.25) is 10.2 Å². The van der Waals surface area contributed by atoms with E-state index in [0.29, 0.717) is 30.3 Å². The van der Waals surface area contributed by atoms with Gasteiger partial charge in [0.05, 0.1) is 6.10 Å². The molecule has 0 aromatic heterocycles. The molecular weight excluding hydrogens is 264 g/mol. The molecule has 1 aromatic carbocycles. The molecule has 0 radical (unpaired) electrons. The number of ether oxygens (including phenoxy) is 4. The van der Waals surface area contributed by atoms with Crippen molar-refractivity contribution in [3.05, 3.63) is 18.2 Å². The normalized spacial score (nSPS) is 23.6. The van der Waals surface area contributed by atoms with Crippen molar-refractivity contribution in [1.82, 2.24) is 5.43 Å². The van der Waals surface area contributed by atoms with Crippen LogP contribution in [-0.2, 0) is 9.53 Å². The third-order valence-corrected chi connectivity index (χ3v) is 3.32. The number of amides is 1. The lowest BCUT2D eigenvalue weighted by Crippen LogP contribution is -2.39. The second kappa shape index (κ2) is 5.56. The predicted molar refractivity (Wildman–Crippen MR) is 68.3 cm³/mol. The molecule has 3 N–H and O–H groups in total. The van der Waals surface area contributed by atoms with Crippen molar-refractivity contribution in [3.63, 3.8) is 0 Å². The molecule has 2 aliphatic rings. The molecule has 0 spiro atoms. The van der Waals surface area contributed by atoms with Gasteiger partial charge in [-0.25, -0.2) is 5.84 Å². The Labute approximate surface area is 115 Å². The van der Waals surface area contributed by atoms with Crippen LogP contribution in [0.4, 0.5) is 0 Å². The summed E-state index contributed by atoms with van der Waals surface area (Å²) in [5.41, 5.74) is 2.09. The van der Waals surface area contributed by atoms with Crippen LogP contribution in [0.25, 0.3) is 0 Å². The lowest BCUT2D eigenvalue weighted by atomic mass is 10.2. The minimum Gasteiger partial charge on any atom is -0.491 e. The average molecular weight is 280 g/mol. The van der Waals surface area contributed by atoms with Crippen LogP contribution in [0.15, 0.2) is 18.2 Å². The fourth-order valence-electron chi connectivity index (χ4n) is 2.27. The van der Waals surface area contributed by atoms with E-state index in [0.717, 1.165) is 6.42 Å². The number of hydrogen-bond donors (Lipinski definition) is 2. The molecule has 0 bridgehead atoms. The molecule has 2 heterocycles. The third kappa shape index (κ3) is 2.63. The zero-order valence-electron chi connectivity index (χ0n) is 10.8. The molecule has 1 fully saturated rings. The van der Waals surface area contributed by atoms with E-state index < -0.39 is 6.10 Å². The monoisotopic (exact) mass is 280 g/mol. The van der Waals surface area contributed by atoms with Crippen LogP contribution < -0.4 is 25.5 Å². The first-order valence-electron chi connectivity index (χ1n) is 6.44. The molecule has 7 heteroatoms. The Hall–Kier alpha value is -1.99. The first-order valence-corrected chi connectivity index (χ1v) is 6.44. The van der Waals surface area contributed by atoms with E-state index >= 15 is 0 Å². The highest BCUT2D eigenvalue weighted by molar-refractivity contribution is 5.80. The SMILES string of the molecule is NNC(=O)C1CCC(COc2ccc3c(c2)OCO3)O1. The summed E-state index contributed by atoms with van der Waals surface area (Å²) in [5, 5.41) is 0. The highest BCUT2D eigenvalue weighted by atomic mass is 16.7. The number of benzene rings is 1. The van der Waals surface area contributed by atoms with E-state index in [9.17, 15) is 4.79 Å². The van der Waals surface area contributed by atoms with Gasteiger partial charge in [0, 0.05) is 6.07 Å². The highest BCUT2D eigenvalue weighted by Crippen LogP contribution is 2.35. The second-order valence-corrected chi connectivity index (χ2v) is 4.66. The van der Waals surface area contributed by atoms with Gasteiger partial charge in [-0.05, 0) is 25.0 Å². The number of hydrogen-bond acceptors (Lipinski definition) is 6. The Balaban J connectivity index is 1.52. The fraction of sp³-hybridized carbons (Fsp3) is 0.462. The number of carbonyl (C=O) groups is 1. The smallest absolute Gasteiger partial charge is 0.263 e. The van der Waals surface area contributed by atoms with Crippen LogP contribution in [0.5, 0.6) is 17.2 Å². The molecule has 2 aliphatic heterocycles. The zero-order valence-corrected chi connectivity index (χ0v) is 10.8. The summed E-state index contributed by atoms with van der Waals surface area (Å²) in [6.07, 6.45) is 0.828. The van der Waals surface area contributed by atoms with Gasteiger partial charge in [-0.15, -0.1) is 0 Å². The van der Waals surface area contributed by atoms with Gasteiger partial charge in [-0.2, -0.15) is 0 Å². The van der Waals surface area contributed by atoms with Crippen LogP contribution in [0.3, 0.4) is 0 Å². The summed E-state index contributed by atoms with van der Waals surface area (Å²) in [4.78, 5) is 11.3. The fourth-order valence-corrected chi connectivity index (χ4v) is 2.27. The molecule has 2 atom stereocenters. The Bertz CT molecular complexity index is 508. The number of rotatable bonds is 4. The molecule has 0 saturated carbocycles. The third-order valence-electron chi connectivity index (χ3n) is 3.32. The van der Waals surface area contributed by atoms with E-state index in [1.54, 1.807) is 12.1 Å². The van der Waals surface area contributed by atoms with Gasteiger partial charge in [0.1, 0.15) is 18.5 Å². The van der Waals surface area contributed by atoms with Gasteiger partial charge >= 0.3 is 0 Å². The van der Waals surface area contributed by atoms with Gasteiger partial charge in [-0.1, -0.05) is 0 Å². The van der Waals surface area contributed by atoms with Gasteiger partial charge in [0.15, 0.2) is 11.5 Å². The standard InChI is InChI=1S/C13H16N2O5/c14-15-13(16)11-4-2-9(20-11)6-17-8-1-3-10-12(5-8)19-7-18-10/h1,3,5,9,11H,2,4,6-7,14H2,(H,15,16). The summed E-state index contributed by atoms with van der Waals surface area (Å²) < 4.78 is 21.7. The largest absolute Gasteiger partial charge is 0.491 e. The van der Waals surface area contributed by atoms with Crippen molar-refractivity contribution in [2.75, 3.05) is 13.4 Å². The molecule has 2 unspecified atom stereocenters. The van der Waals surface area contributed by atoms with E-state index in [4.69, 9.17) is 24.8 Å². The van der Waals surface area contributed by atoms with Gasteiger partial charge in [0.25, 0.3) is 5.91 Å². The van der Waals surface area contributed by atoms with Crippen LogP contribution in [-0.4, -0.2) is 31.5 Å². The molecule has 7 nitrogen and oxygen atoms in total. The van der Waals surface area contributed by atoms with Crippen LogP contribution >= 0.6 is 0 Å². The van der Waals surface area contributed by atoms with E-state index in [2.05, 4.69) is 5.43 Å². The Morgan fingerprint density at radius 1 is 1.35 bits per heavy atom. The van der Waals surface area contributed by atoms with Crippen LogP contribution in [0.2, 0.25) is 0 Å². The zero-order chi connectivity index (χ0) is 13.9. The first-order chi connectivity index (χ1) is 9.76. The summed E-state index contributed by atoms with van der Waals surface area (Å²) in [7, 11) is 0. The minimum absolute atomic E-state index is 0.109. The van der Waals surface area contributed by atoms with Crippen LogP contribution in [0.1, 0.15) is 12.8 Å². The summed E-state index contributed by atoms with van der Waals surface area (Å²) in [6, 6.07) is 5.39. The first kappa shape index (κ1) is 13.0. The minimum atomic E-state index is -0.481. The van der Waals surface area contributed by atoms with Crippen molar-refractivity contribution in [3.8, 4) is 17.2 Å². The number of nitrogens with two attached hydrogens (primary N) is 1. The summed E-state index contributed by atoms with van der Waals surface area (Å²) in [5.74, 6) is 6.86. The lowest BCUT2D eigenvalue weighted by molar-refractivity contribution is -0.132. The molecule has 108 valence electrons. The maximum Gasteiger partial charge on any atom is 0.263 e. The Morgan fingerprint density at radius 3 is 3.05 bits per heavy atom. The Morgan fingerprint density at radius 2 is 2.20 bits per heavy atom. The topological polar surface area (TPSA) is 92.0 Å². The van der Waals surface area contributed by atoms with Crippen molar-refractivity contribution in [2.45, 2.75) is 25.0 Å². The lowest BCUT2D eigenvalue weighted by Gasteiger charge is -2.14. The summed E-state index contributed by atoms with van der Waals surface area (Å²) >= 11 is 0. The maximum atomic E-state index is 11.3. The number of fused-ring (bicyclic) bond motifs is 1. The summed E-state index contributed by atoms with van der Waals surface area (Å²) in [6.45, 7) is 0.619. The molecule has 20 heavy (non-hydrogen) atoms. The Kier molecular flexibility index (Phi) is 3.62. The maximum absolute atomic E-state index is 11.3. The van der Waals surface area contributed by atoms with Crippen molar-refractivity contribution >= 4 is 5.91 Å². The van der Waals surface area contributed by atoms with Gasteiger partial charge < -0.3 is 18.9 Å². The quantitative estimate of drug-likeness (QED) is 0.469. The molecule has 1 aromatic rings. The van der Waals surface area contributed by atoms with Gasteiger partial charge in [0.2, 0.25) is 6.79 Å². The van der Waals surface area contributed by atoms with Crippen molar-refractivity contribution in [1.29, 1.82) is 0 Å². The number of carbonyl (C=O) groups excluding carboxylic acids is 1. The van der Waals surface area contributed by atoms with E-state index in [1.807, 2.05) is 6.07 Å². The number of hydrazine groups is 1. The van der Waals surface area contributed by atoms with Crippen molar-refractivity contribution < 1.29 is 23.7 Å². The van der Waals surface area contributed by atoms with Crippen molar-refractivity contribution in [2.24, 2.45) is 5.84 Å². The predicted octanol–water partition coefficient (Wildman–Crippen LogP) is 0.332.